The first-order valence-corrected chi connectivity index (χ1v) is 5.36. The molecule has 0 aliphatic carbocycles. The third-order valence-corrected chi connectivity index (χ3v) is 2.99. The molecule has 5 heteroatoms. The van der Waals surface area contributed by atoms with Crippen LogP contribution < -0.4 is 0 Å². The Hall–Kier alpha value is -0.570. The highest BCUT2D eigenvalue weighted by Gasteiger charge is 2.27. The monoisotopic (exact) mass is 189 g/mol. The van der Waals surface area contributed by atoms with E-state index >= 15 is 0 Å². The van der Waals surface area contributed by atoms with Gasteiger partial charge in [-0.05, 0) is 13.3 Å². The van der Waals surface area contributed by atoms with Gasteiger partial charge < -0.3 is 14.7 Å². The molecule has 1 heterocycles. The van der Waals surface area contributed by atoms with Crippen LogP contribution >= 0.6 is 7.60 Å². The fourth-order valence-electron chi connectivity index (χ4n) is 0.916. The maximum absolute atomic E-state index is 10.8. The Morgan fingerprint density at radius 1 is 1.42 bits per heavy atom. The lowest BCUT2D eigenvalue weighted by Crippen LogP contribution is -2.23. The number of hydrogen-bond donors (Lipinski definition) is 2. The Balaban J connectivity index is 2.70. The summed E-state index contributed by atoms with van der Waals surface area (Å²) < 4.78 is 10.8. The summed E-state index contributed by atoms with van der Waals surface area (Å²) in [6, 6.07) is 0. The van der Waals surface area contributed by atoms with E-state index < -0.39 is 13.4 Å². The van der Waals surface area contributed by atoms with Gasteiger partial charge in [0.2, 0.25) is 0 Å². The molecular formula is C7H12NO3P. The summed E-state index contributed by atoms with van der Waals surface area (Å²) in [4.78, 5) is 19.2. The van der Waals surface area contributed by atoms with Crippen molar-refractivity contribution in [2.24, 2.45) is 0 Å². The van der Waals surface area contributed by atoms with Gasteiger partial charge in [0.05, 0.1) is 0 Å². The van der Waals surface area contributed by atoms with Crippen LogP contribution in [0.2, 0.25) is 0 Å². The zero-order valence-electron chi connectivity index (χ0n) is 6.79. The fraction of sp³-hybridized carbons (Fsp3) is 0.429. The number of allylic oxidation sites excluding steroid dienone is 2. The molecule has 12 heavy (non-hydrogen) atoms. The van der Waals surface area contributed by atoms with Gasteiger partial charge in [-0.3, -0.25) is 4.57 Å². The second kappa shape index (κ2) is 3.44. The Kier molecular flexibility index (Phi) is 2.73. The summed E-state index contributed by atoms with van der Waals surface area (Å²) in [6.45, 7) is 1.50. The van der Waals surface area contributed by atoms with Crippen LogP contribution in [0.3, 0.4) is 0 Å². The first-order chi connectivity index (χ1) is 5.52. The molecular weight excluding hydrogens is 177 g/mol. The lowest BCUT2D eigenvalue weighted by atomic mass is 10.3. The van der Waals surface area contributed by atoms with Crippen LogP contribution in [-0.4, -0.2) is 20.5 Å². The summed E-state index contributed by atoms with van der Waals surface area (Å²) in [5.74, 6) is -0.773. The van der Waals surface area contributed by atoms with E-state index in [9.17, 15) is 4.57 Å². The molecule has 0 aromatic rings. The lowest BCUT2D eigenvalue weighted by molar-refractivity contribution is 0.320. The average Bonchev–Trinajstić information content (AvgIpc) is 2.03. The maximum atomic E-state index is 10.8. The number of nitrogens with zero attached hydrogens (tertiary/aromatic N) is 1. The topological polar surface area (TPSA) is 60.8 Å². The third-order valence-electron chi connectivity index (χ3n) is 1.75. The molecule has 0 saturated carbocycles. The van der Waals surface area contributed by atoms with Crippen molar-refractivity contribution in [3.8, 4) is 0 Å². The van der Waals surface area contributed by atoms with E-state index in [1.165, 1.54) is 11.8 Å². The number of rotatable bonds is 2. The minimum atomic E-state index is -4.00. The standard InChI is InChI=1S/C7H12NO3P/c1-7(12(9,10)11)8-5-3-2-4-6-8/h3-7H,2H2,1H3,(H2,9,10,11). The van der Waals surface area contributed by atoms with Gasteiger partial charge in [0.25, 0.3) is 0 Å². The molecule has 0 spiro atoms. The fourth-order valence-corrected chi connectivity index (χ4v) is 1.42. The van der Waals surface area contributed by atoms with E-state index in [0.29, 0.717) is 0 Å². The Morgan fingerprint density at radius 3 is 2.33 bits per heavy atom. The van der Waals surface area contributed by atoms with Gasteiger partial charge in [0.1, 0.15) is 5.78 Å². The molecule has 1 aliphatic rings. The molecule has 0 fully saturated rings. The van der Waals surface area contributed by atoms with E-state index in [1.807, 2.05) is 12.2 Å². The first-order valence-electron chi connectivity index (χ1n) is 3.68. The van der Waals surface area contributed by atoms with E-state index in [0.717, 1.165) is 6.42 Å². The van der Waals surface area contributed by atoms with Crippen molar-refractivity contribution in [3.05, 3.63) is 24.6 Å². The van der Waals surface area contributed by atoms with Crippen LogP contribution in [0.15, 0.2) is 24.6 Å². The van der Waals surface area contributed by atoms with Crippen LogP contribution in [0, 0.1) is 0 Å². The molecule has 68 valence electrons. The van der Waals surface area contributed by atoms with Crippen molar-refractivity contribution in [3.63, 3.8) is 0 Å². The Morgan fingerprint density at radius 2 is 1.92 bits per heavy atom. The molecule has 0 aromatic heterocycles. The molecule has 1 aliphatic heterocycles. The van der Waals surface area contributed by atoms with Gasteiger partial charge >= 0.3 is 7.60 Å². The Bertz CT molecular complexity index is 243. The largest absolute Gasteiger partial charge is 0.347 e. The van der Waals surface area contributed by atoms with Crippen molar-refractivity contribution in [2.45, 2.75) is 19.1 Å². The van der Waals surface area contributed by atoms with Gasteiger partial charge in [-0.25, -0.2) is 0 Å². The number of hydrogen-bond acceptors (Lipinski definition) is 2. The second-order valence-corrected chi connectivity index (χ2v) is 4.60. The summed E-state index contributed by atoms with van der Waals surface area (Å²) >= 11 is 0. The van der Waals surface area contributed by atoms with Crippen LogP contribution in [0.5, 0.6) is 0 Å². The minimum absolute atomic E-state index is 0.773. The zero-order valence-corrected chi connectivity index (χ0v) is 7.69. The molecule has 0 bridgehead atoms. The summed E-state index contributed by atoms with van der Waals surface area (Å²) in [5, 5.41) is 0. The van der Waals surface area contributed by atoms with Crippen LogP contribution in [0.4, 0.5) is 0 Å². The van der Waals surface area contributed by atoms with Gasteiger partial charge in [-0.15, -0.1) is 0 Å². The van der Waals surface area contributed by atoms with Gasteiger partial charge in [0, 0.05) is 12.4 Å². The molecule has 4 nitrogen and oxygen atoms in total. The summed E-state index contributed by atoms with van der Waals surface area (Å²) in [6.07, 6.45) is 7.90. The summed E-state index contributed by atoms with van der Waals surface area (Å²) in [7, 11) is -4.00. The van der Waals surface area contributed by atoms with E-state index in [2.05, 4.69) is 0 Å². The highest BCUT2D eigenvalue weighted by atomic mass is 31.2. The van der Waals surface area contributed by atoms with E-state index in [4.69, 9.17) is 9.79 Å². The smallest absolute Gasteiger partial charge is 0.340 e. The quantitative estimate of drug-likeness (QED) is 0.641. The van der Waals surface area contributed by atoms with Crippen molar-refractivity contribution < 1.29 is 14.4 Å². The third kappa shape index (κ3) is 2.21. The second-order valence-electron chi connectivity index (χ2n) is 2.67. The molecule has 2 N–H and O–H groups in total. The van der Waals surface area contributed by atoms with Crippen molar-refractivity contribution in [1.82, 2.24) is 4.90 Å². The molecule has 0 aromatic carbocycles. The Labute approximate surface area is 71.4 Å². The molecule has 1 unspecified atom stereocenters. The zero-order chi connectivity index (χ0) is 9.19. The maximum Gasteiger partial charge on any atom is 0.347 e. The highest BCUT2D eigenvalue weighted by Crippen LogP contribution is 2.43. The molecule has 1 atom stereocenters. The van der Waals surface area contributed by atoms with Crippen molar-refractivity contribution in [1.29, 1.82) is 0 Å². The molecule has 0 radical (unpaired) electrons. The first kappa shape index (κ1) is 9.52. The SMILES string of the molecule is CC(N1C=CCC=C1)P(=O)(O)O. The van der Waals surface area contributed by atoms with Crippen LogP contribution in [0.25, 0.3) is 0 Å². The van der Waals surface area contributed by atoms with Crippen molar-refractivity contribution in [2.75, 3.05) is 0 Å². The van der Waals surface area contributed by atoms with Crippen molar-refractivity contribution >= 4 is 7.60 Å². The van der Waals surface area contributed by atoms with Gasteiger partial charge in [-0.2, -0.15) is 0 Å². The van der Waals surface area contributed by atoms with Gasteiger partial charge in [0.15, 0.2) is 0 Å². The minimum Gasteiger partial charge on any atom is -0.340 e. The normalized spacial score (nSPS) is 19.8. The molecule has 0 saturated heterocycles. The lowest BCUT2D eigenvalue weighted by Gasteiger charge is -2.25. The van der Waals surface area contributed by atoms with Crippen LogP contribution in [0.1, 0.15) is 13.3 Å². The predicted octanol–water partition coefficient (Wildman–Crippen LogP) is 1.24. The highest BCUT2D eigenvalue weighted by molar-refractivity contribution is 7.52. The predicted molar refractivity (Wildman–Crippen MR) is 46.2 cm³/mol. The van der Waals surface area contributed by atoms with Crippen LogP contribution in [-0.2, 0) is 4.57 Å². The summed E-state index contributed by atoms with van der Waals surface area (Å²) in [5.41, 5.74) is 0. The molecule has 0 amide bonds. The average molecular weight is 189 g/mol. The van der Waals surface area contributed by atoms with E-state index in [1.54, 1.807) is 12.4 Å². The molecule has 1 rings (SSSR count). The van der Waals surface area contributed by atoms with E-state index in [-0.39, 0.29) is 0 Å². The van der Waals surface area contributed by atoms with Gasteiger partial charge in [-0.1, -0.05) is 12.2 Å².